The van der Waals surface area contributed by atoms with Crippen LogP contribution in [0.5, 0.6) is 0 Å². The second-order valence-electron chi connectivity index (χ2n) is 4.81. The molecule has 0 saturated carbocycles. The number of nitrogens with zero attached hydrogens (tertiary/aromatic N) is 1. The monoisotopic (exact) mass is 250 g/mol. The van der Waals surface area contributed by atoms with Crippen LogP contribution in [0.1, 0.15) is 25.7 Å². The molecule has 2 heterocycles. The first kappa shape index (κ1) is 12.7. The van der Waals surface area contributed by atoms with Crippen LogP contribution in [-0.2, 0) is 4.79 Å². The first-order valence-corrected chi connectivity index (χ1v) is 6.07. The predicted molar refractivity (Wildman–Crippen MR) is 56.4 cm³/mol. The normalized spacial score (nSPS) is 30.6. The number of likely N-dealkylation sites (tertiary alicyclic amines) is 1. The Bertz CT molecular complexity index is 287. The summed E-state index contributed by atoms with van der Waals surface area (Å²) in [6.45, 7) is 0.856. The Morgan fingerprint density at radius 1 is 1.24 bits per heavy atom. The van der Waals surface area contributed by atoms with Gasteiger partial charge in [-0.05, 0) is 25.8 Å². The number of carbonyl (C=O) groups is 1. The highest BCUT2D eigenvalue weighted by atomic mass is 19.4. The van der Waals surface area contributed by atoms with Crippen LogP contribution >= 0.6 is 0 Å². The number of alkyl halides is 3. The first-order chi connectivity index (χ1) is 7.98. The maximum Gasteiger partial charge on any atom is 0.393 e. The van der Waals surface area contributed by atoms with Gasteiger partial charge >= 0.3 is 6.18 Å². The molecule has 2 fully saturated rings. The molecule has 2 saturated heterocycles. The van der Waals surface area contributed by atoms with Gasteiger partial charge in [-0.2, -0.15) is 13.2 Å². The number of hydrogen-bond donors (Lipinski definition) is 1. The van der Waals surface area contributed by atoms with Crippen LogP contribution in [0.25, 0.3) is 0 Å². The lowest BCUT2D eigenvalue weighted by molar-refractivity contribution is -0.171. The van der Waals surface area contributed by atoms with Gasteiger partial charge in [0.05, 0.1) is 12.0 Å². The Balaban J connectivity index is 1.89. The maximum atomic E-state index is 12.5. The Morgan fingerprint density at radius 3 is 2.53 bits per heavy atom. The fraction of sp³-hybridized carbons (Fsp3) is 0.909. The number of rotatable bonds is 1. The molecule has 2 aliphatic heterocycles. The third-order valence-corrected chi connectivity index (χ3v) is 3.57. The lowest BCUT2D eigenvalue weighted by atomic mass is 10.0. The van der Waals surface area contributed by atoms with Crippen LogP contribution in [0.4, 0.5) is 13.2 Å². The highest BCUT2D eigenvalue weighted by Gasteiger charge is 2.45. The summed E-state index contributed by atoms with van der Waals surface area (Å²) in [4.78, 5) is 13.3. The number of hydrogen-bond acceptors (Lipinski definition) is 2. The second-order valence-corrected chi connectivity index (χ2v) is 4.81. The molecule has 1 N–H and O–H groups in total. The molecule has 0 spiro atoms. The molecule has 98 valence electrons. The van der Waals surface area contributed by atoms with Crippen molar-refractivity contribution in [2.75, 3.05) is 19.6 Å². The predicted octanol–water partition coefficient (Wildman–Crippen LogP) is 1.54. The molecule has 2 aliphatic rings. The van der Waals surface area contributed by atoms with Crippen molar-refractivity contribution in [3.63, 3.8) is 0 Å². The minimum absolute atomic E-state index is 0.0436. The molecule has 0 aliphatic carbocycles. The summed E-state index contributed by atoms with van der Waals surface area (Å²) in [6, 6.07) is -0.268. The summed E-state index contributed by atoms with van der Waals surface area (Å²) >= 11 is 0. The van der Waals surface area contributed by atoms with Gasteiger partial charge in [-0.3, -0.25) is 4.79 Å². The Hall–Kier alpha value is -0.780. The van der Waals surface area contributed by atoms with Crippen LogP contribution in [-0.4, -0.2) is 42.7 Å². The topological polar surface area (TPSA) is 32.3 Å². The molecule has 3 nitrogen and oxygen atoms in total. The zero-order valence-corrected chi connectivity index (χ0v) is 9.59. The van der Waals surface area contributed by atoms with Crippen molar-refractivity contribution in [3.8, 4) is 0 Å². The quantitative estimate of drug-likeness (QED) is 0.765. The summed E-state index contributed by atoms with van der Waals surface area (Å²) in [5.41, 5.74) is 0. The van der Waals surface area contributed by atoms with Gasteiger partial charge < -0.3 is 10.2 Å². The van der Waals surface area contributed by atoms with Crippen LogP contribution < -0.4 is 5.32 Å². The largest absolute Gasteiger partial charge is 0.393 e. The van der Waals surface area contributed by atoms with E-state index >= 15 is 0 Å². The minimum Gasteiger partial charge on any atom is -0.341 e. The Morgan fingerprint density at radius 2 is 2.00 bits per heavy atom. The van der Waals surface area contributed by atoms with E-state index in [1.54, 1.807) is 0 Å². The SMILES string of the molecule is O=C(C1CCCCN1)N1CCC(C(F)(F)F)C1. The third-order valence-electron chi connectivity index (χ3n) is 3.57. The molecule has 1 amide bonds. The van der Waals surface area contributed by atoms with Crippen LogP contribution in [0, 0.1) is 5.92 Å². The average molecular weight is 250 g/mol. The molecule has 0 aromatic rings. The van der Waals surface area contributed by atoms with Gasteiger partial charge in [-0.15, -0.1) is 0 Å². The zero-order valence-electron chi connectivity index (χ0n) is 9.59. The van der Waals surface area contributed by atoms with E-state index in [4.69, 9.17) is 0 Å². The van der Waals surface area contributed by atoms with Crippen LogP contribution in [0.3, 0.4) is 0 Å². The lowest BCUT2D eigenvalue weighted by Gasteiger charge is -2.27. The van der Waals surface area contributed by atoms with Crippen molar-refractivity contribution in [2.24, 2.45) is 5.92 Å². The van der Waals surface area contributed by atoms with Gasteiger partial charge in [0.2, 0.25) is 5.91 Å². The lowest BCUT2D eigenvalue weighted by Crippen LogP contribution is -2.48. The Labute approximate surface area is 98.3 Å². The van der Waals surface area contributed by atoms with E-state index in [2.05, 4.69) is 5.32 Å². The number of halogens is 3. The fourth-order valence-electron chi connectivity index (χ4n) is 2.51. The molecule has 2 atom stereocenters. The van der Waals surface area contributed by atoms with E-state index < -0.39 is 12.1 Å². The highest BCUT2D eigenvalue weighted by Crippen LogP contribution is 2.33. The van der Waals surface area contributed by atoms with Gasteiger partial charge in [-0.1, -0.05) is 6.42 Å². The van der Waals surface area contributed by atoms with E-state index in [0.717, 1.165) is 25.8 Å². The van der Waals surface area contributed by atoms with Gasteiger partial charge in [0.25, 0.3) is 0 Å². The highest BCUT2D eigenvalue weighted by molar-refractivity contribution is 5.82. The van der Waals surface area contributed by atoms with Crippen LogP contribution in [0.15, 0.2) is 0 Å². The van der Waals surface area contributed by atoms with Gasteiger partial charge in [0, 0.05) is 13.1 Å². The fourth-order valence-corrected chi connectivity index (χ4v) is 2.51. The molecule has 17 heavy (non-hydrogen) atoms. The summed E-state index contributed by atoms with van der Waals surface area (Å²) in [7, 11) is 0. The smallest absolute Gasteiger partial charge is 0.341 e. The Kier molecular flexibility index (Phi) is 3.61. The third kappa shape index (κ3) is 2.91. The molecule has 0 aromatic heterocycles. The molecule has 0 aromatic carbocycles. The van der Waals surface area contributed by atoms with Gasteiger partial charge in [-0.25, -0.2) is 0 Å². The van der Waals surface area contributed by atoms with E-state index in [-0.39, 0.29) is 31.5 Å². The van der Waals surface area contributed by atoms with Gasteiger partial charge in [0.15, 0.2) is 0 Å². The summed E-state index contributed by atoms with van der Waals surface area (Å²) in [5.74, 6) is -1.49. The van der Waals surface area contributed by atoms with E-state index in [9.17, 15) is 18.0 Å². The van der Waals surface area contributed by atoms with Crippen molar-refractivity contribution >= 4 is 5.91 Å². The summed E-state index contributed by atoms with van der Waals surface area (Å²) in [5, 5.41) is 3.08. The molecular weight excluding hydrogens is 233 g/mol. The number of amides is 1. The van der Waals surface area contributed by atoms with Crippen LogP contribution in [0.2, 0.25) is 0 Å². The van der Waals surface area contributed by atoms with E-state index in [1.165, 1.54) is 4.90 Å². The average Bonchev–Trinajstić information content (AvgIpc) is 2.78. The summed E-state index contributed by atoms with van der Waals surface area (Å²) < 4.78 is 37.5. The van der Waals surface area contributed by atoms with E-state index in [0.29, 0.717) is 0 Å². The molecule has 0 radical (unpaired) electrons. The van der Waals surface area contributed by atoms with Crippen molar-refractivity contribution in [2.45, 2.75) is 37.9 Å². The molecule has 2 rings (SSSR count). The zero-order chi connectivity index (χ0) is 12.5. The minimum atomic E-state index is -4.17. The van der Waals surface area contributed by atoms with Crippen molar-refractivity contribution < 1.29 is 18.0 Å². The molecule has 2 unspecified atom stereocenters. The number of carbonyl (C=O) groups excluding carboxylic acids is 1. The number of nitrogens with one attached hydrogen (secondary N) is 1. The second kappa shape index (κ2) is 4.84. The maximum absolute atomic E-state index is 12.5. The van der Waals surface area contributed by atoms with E-state index in [1.807, 2.05) is 0 Å². The van der Waals surface area contributed by atoms with Crippen molar-refractivity contribution in [3.05, 3.63) is 0 Å². The van der Waals surface area contributed by atoms with Crippen molar-refractivity contribution in [1.82, 2.24) is 10.2 Å². The van der Waals surface area contributed by atoms with Gasteiger partial charge in [0.1, 0.15) is 0 Å². The molecular formula is C11H17F3N2O. The first-order valence-electron chi connectivity index (χ1n) is 6.07. The number of piperidine rings is 1. The van der Waals surface area contributed by atoms with Crippen molar-refractivity contribution in [1.29, 1.82) is 0 Å². The molecule has 6 heteroatoms. The standard InChI is InChI=1S/C11H17F3N2O/c12-11(13,14)8-4-6-16(7-8)10(17)9-3-1-2-5-15-9/h8-9,15H,1-7H2. The molecule has 0 bridgehead atoms. The summed E-state index contributed by atoms with van der Waals surface area (Å²) in [6.07, 6.45) is -1.38.